The van der Waals surface area contributed by atoms with E-state index >= 15 is 0 Å². The lowest BCUT2D eigenvalue weighted by molar-refractivity contribution is 0.0939. The zero-order valence-electron chi connectivity index (χ0n) is 13.1. The van der Waals surface area contributed by atoms with Crippen molar-refractivity contribution in [2.75, 3.05) is 0 Å². The molecular formula is C18H18N4O. The van der Waals surface area contributed by atoms with Crippen molar-refractivity contribution in [2.45, 2.75) is 19.9 Å². The number of imidazole rings is 1. The van der Waals surface area contributed by atoms with E-state index in [-0.39, 0.29) is 11.9 Å². The third-order valence-corrected chi connectivity index (χ3v) is 3.72. The first-order chi connectivity index (χ1) is 11.1. The van der Waals surface area contributed by atoms with Gasteiger partial charge in [-0.1, -0.05) is 12.1 Å². The lowest BCUT2D eigenvalue weighted by Gasteiger charge is -2.15. The molecule has 1 atom stereocenters. The Morgan fingerprint density at radius 2 is 1.96 bits per heavy atom. The van der Waals surface area contributed by atoms with Crippen molar-refractivity contribution >= 4 is 5.91 Å². The maximum absolute atomic E-state index is 12.2. The van der Waals surface area contributed by atoms with E-state index in [1.54, 1.807) is 24.8 Å². The monoisotopic (exact) mass is 306 g/mol. The number of aryl methyl sites for hydroxylation is 1. The van der Waals surface area contributed by atoms with Crippen LogP contribution in [0.25, 0.3) is 5.69 Å². The topological polar surface area (TPSA) is 59.8 Å². The fourth-order valence-corrected chi connectivity index (χ4v) is 2.31. The molecule has 0 fully saturated rings. The molecule has 3 aromatic rings. The van der Waals surface area contributed by atoms with E-state index in [0.717, 1.165) is 16.9 Å². The van der Waals surface area contributed by atoms with Gasteiger partial charge in [-0.15, -0.1) is 0 Å². The molecule has 5 nitrogen and oxygen atoms in total. The molecule has 1 amide bonds. The summed E-state index contributed by atoms with van der Waals surface area (Å²) in [6.45, 7) is 3.86. The van der Waals surface area contributed by atoms with Gasteiger partial charge in [0.1, 0.15) is 0 Å². The smallest absolute Gasteiger partial charge is 0.253 e. The molecule has 1 N–H and O–H groups in total. The third kappa shape index (κ3) is 3.45. The summed E-state index contributed by atoms with van der Waals surface area (Å²) < 4.78 is 1.94. The highest BCUT2D eigenvalue weighted by Gasteiger charge is 2.11. The predicted molar refractivity (Wildman–Crippen MR) is 88.4 cm³/mol. The highest BCUT2D eigenvalue weighted by Crippen LogP contribution is 2.16. The molecule has 0 spiro atoms. The normalized spacial score (nSPS) is 11.9. The Hall–Kier alpha value is -2.95. The number of nitrogens with zero attached hydrogens (tertiary/aromatic N) is 3. The molecule has 0 saturated heterocycles. The fraction of sp³-hybridized carbons (Fsp3) is 0.167. The number of pyridine rings is 1. The van der Waals surface area contributed by atoms with Gasteiger partial charge in [-0.3, -0.25) is 9.78 Å². The summed E-state index contributed by atoms with van der Waals surface area (Å²) in [6, 6.07) is 11.6. The molecule has 3 rings (SSSR count). The van der Waals surface area contributed by atoms with Gasteiger partial charge in [0.15, 0.2) is 0 Å². The average molecular weight is 306 g/mol. The molecule has 2 heterocycles. The van der Waals surface area contributed by atoms with E-state index in [4.69, 9.17) is 0 Å². The largest absolute Gasteiger partial charge is 0.345 e. The first-order valence-corrected chi connectivity index (χ1v) is 7.45. The number of carbonyl (C=O) groups excluding carboxylic acids is 1. The Balaban J connectivity index is 1.69. The summed E-state index contributed by atoms with van der Waals surface area (Å²) in [6.07, 6.45) is 6.99. The Bertz CT molecular complexity index is 777. The molecule has 116 valence electrons. The Morgan fingerprint density at radius 3 is 2.57 bits per heavy atom. The third-order valence-electron chi connectivity index (χ3n) is 3.72. The second-order valence-electron chi connectivity index (χ2n) is 5.44. The van der Waals surface area contributed by atoms with Crippen molar-refractivity contribution in [2.24, 2.45) is 0 Å². The number of hydrogen-bond donors (Lipinski definition) is 1. The van der Waals surface area contributed by atoms with Crippen LogP contribution in [0.1, 0.15) is 34.6 Å². The van der Waals surface area contributed by atoms with Gasteiger partial charge in [0, 0.05) is 30.0 Å². The molecule has 0 aliphatic heterocycles. The minimum Gasteiger partial charge on any atom is -0.345 e. The minimum atomic E-state index is -0.122. The zero-order valence-corrected chi connectivity index (χ0v) is 13.1. The second kappa shape index (κ2) is 6.44. The molecule has 0 radical (unpaired) electrons. The molecular weight excluding hydrogens is 288 g/mol. The van der Waals surface area contributed by atoms with Crippen LogP contribution in [0, 0.1) is 6.92 Å². The van der Waals surface area contributed by atoms with Crippen LogP contribution in [-0.4, -0.2) is 20.4 Å². The molecule has 23 heavy (non-hydrogen) atoms. The van der Waals surface area contributed by atoms with E-state index in [0.29, 0.717) is 5.56 Å². The van der Waals surface area contributed by atoms with Crippen LogP contribution in [0.4, 0.5) is 0 Å². The van der Waals surface area contributed by atoms with Crippen molar-refractivity contribution in [1.29, 1.82) is 0 Å². The van der Waals surface area contributed by atoms with Crippen molar-refractivity contribution in [3.63, 3.8) is 0 Å². The number of amides is 1. The molecule has 0 aliphatic carbocycles. The summed E-state index contributed by atoms with van der Waals surface area (Å²) in [7, 11) is 0. The summed E-state index contributed by atoms with van der Waals surface area (Å²) in [5.74, 6) is -0.122. The highest BCUT2D eigenvalue weighted by atomic mass is 16.1. The number of benzene rings is 1. The Labute approximate surface area is 135 Å². The molecule has 1 aromatic carbocycles. The van der Waals surface area contributed by atoms with Crippen molar-refractivity contribution in [3.05, 3.63) is 78.1 Å². The van der Waals surface area contributed by atoms with Gasteiger partial charge in [-0.05, 0) is 43.7 Å². The highest BCUT2D eigenvalue weighted by molar-refractivity contribution is 5.94. The molecule has 0 aliphatic rings. The summed E-state index contributed by atoms with van der Waals surface area (Å²) in [4.78, 5) is 20.4. The zero-order chi connectivity index (χ0) is 16.2. The molecule has 0 unspecified atom stereocenters. The van der Waals surface area contributed by atoms with Crippen molar-refractivity contribution in [3.8, 4) is 5.69 Å². The van der Waals surface area contributed by atoms with E-state index < -0.39 is 0 Å². The predicted octanol–water partition coefficient (Wildman–Crippen LogP) is 3.07. The van der Waals surface area contributed by atoms with Crippen LogP contribution in [0.5, 0.6) is 0 Å². The minimum absolute atomic E-state index is 0.0827. The van der Waals surface area contributed by atoms with Gasteiger partial charge in [0.05, 0.1) is 17.9 Å². The Morgan fingerprint density at radius 1 is 1.17 bits per heavy atom. The number of carbonyl (C=O) groups is 1. The van der Waals surface area contributed by atoms with Gasteiger partial charge in [-0.25, -0.2) is 4.98 Å². The van der Waals surface area contributed by atoms with Crippen LogP contribution in [0.15, 0.2) is 61.3 Å². The first-order valence-electron chi connectivity index (χ1n) is 7.45. The Kier molecular flexibility index (Phi) is 4.19. The van der Waals surface area contributed by atoms with Crippen LogP contribution in [-0.2, 0) is 0 Å². The molecule has 0 saturated carbocycles. The van der Waals surface area contributed by atoms with Crippen molar-refractivity contribution < 1.29 is 4.79 Å². The molecule has 2 aromatic heterocycles. The number of hydrogen-bond acceptors (Lipinski definition) is 3. The summed E-state index contributed by atoms with van der Waals surface area (Å²) >= 11 is 0. The summed E-state index contributed by atoms with van der Waals surface area (Å²) in [5, 5.41) is 2.99. The maximum atomic E-state index is 12.2. The van der Waals surface area contributed by atoms with Gasteiger partial charge in [0.2, 0.25) is 0 Å². The molecule has 5 heteroatoms. The number of nitrogens with one attached hydrogen (secondary N) is 1. The lowest BCUT2D eigenvalue weighted by Crippen LogP contribution is -2.26. The van der Waals surface area contributed by atoms with Gasteiger partial charge in [-0.2, -0.15) is 0 Å². The van der Waals surface area contributed by atoms with Gasteiger partial charge in [0.25, 0.3) is 5.91 Å². The fourth-order valence-electron chi connectivity index (χ4n) is 2.31. The lowest BCUT2D eigenvalue weighted by atomic mass is 10.1. The van der Waals surface area contributed by atoms with Crippen LogP contribution >= 0.6 is 0 Å². The van der Waals surface area contributed by atoms with Crippen LogP contribution in [0.3, 0.4) is 0 Å². The van der Waals surface area contributed by atoms with E-state index in [2.05, 4.69) is 15.3 Å². The average Bonchev–Trinajstić information content (AvgIpc) is 3.10. The summed E-state index contributed by atoms with van der Waals surface area (Å²) in [5.41, 5.74) is 3.54. The van der Waals surface area contributed by atoms with Gasteiger partial charge >= 0.3 is 0 Å². The van der Waals surface area contributed by atoms with E-state index in [1.165, 1.54) is 0 Å². The quantitative estimate of drug-likeness (QED) is 0.806. The van der Waals surface area contributed by atoms with Crippen molar-refractivity contribution in [1.82, 2.24) is 19.9 Å². The number of rotatable bonds is 4. The van der Waals surface area contributed by atoms with Gasteiger partial charge < -0.3 is 9.88 Å². The maximum Gasteiger partial charge on any atom is 0.253 e. The van der Waals surface area contributed by atoms with Crippen LogP contribution < -0.4 is 5.32 Å². The first kappa shape index (κ1) is 15.0. The van der Waals surface area contributed by atoms with E-state index in [1.807, 2.05) is 54.9 Å². The van der Waals surface area contributed by atoms with E-state index in [9.17, 15) is 4.79 Å². The SMILES string of the molecule is Cc1ccc(C(=O)N[C@@H](C)c2ccc(-n3ccnc3)cc2)cn1. The molecule has 0 bridgehead atoms. The standard InChI is InChI=1S/C18H18N4O/c1-13-3-4-16(11-20-13)18(23)21-14(2)15-5-7-17(8-6-15)22-10-9-19-12-22/h3-12,14H,1-2H3,(H,21,23)/t14-/m0/s1. The number of aromatic nitrogens is 3. The van der Waals surface area contributed by atoms with Crippen LogP contribution in [0.2, 0.25) is 0 Å². The second-order valence-corrected chi connectivity index (χ2v) is 5.44.